The Balaban J connectivity index is 0.000000360. The monoisotopic (exact) mass is 669 g/mol. The number of halogens is 2. The van der Waals surface area contributed by atoms with Gasteiger partial charge in [-0.2, -0.15) is 29.8 Å². The molecule has 3 heteroatoms. The summed E-state index contributed by atoms with van der Waals surface area (Å²) in [5.41, 5.74) is 11.2. The van der Waals surface area contributed by atoms with Crippen LogP contribution in [0.4, 0.5) is 0 Å². The molecule has 218 valence electrons. The molecule has 0 spiro atoms. The van der Waals surface area contributed by atoms with Crippen LogP contribution in [-0.2, 0) is 43.5 Å². The Hall–Kier alpha value is -2.31. The first-order chi connectivity index (χ1) is 18.6. The van der Waals surface area contributed by atoms with Crippen LogP contribution in [0.2, 0.25) is 0 Å². The molecule has 0 saturated carbocycles. The third kappa shape index (κ3) is 10.8. The van der Waals surface area contributed by atoms with Crippen molar-refractivity contribution >= 4 is 0 Å². The Morgan fingerprint density at radius 3 is 1.69 bits per heavy atom. The SMILES string of the molecule is CC(C)(C)c1[c-]c2c(cc1)-c1ccc(C(C)(C)C)cc1C2.[C-]1=CC=CC1.[Cl-].[Cl-].[Zr+2].c1ccc([CH-]c2ccccc2)cc1. The van der Waals surface area contributed by atoms with Crippen LogP contribution in [0, 0.1) is 18.6 Å². The zero-order valence-electron chi connectivity index (χ0n) is 25.6. The maximum Gasteiger partial charge on any atom is 2.00 e. The number of fused-ring (bicyclic) bond motifs is 3. The van der Waals surface area contributed by atoms with Gasteiger partial charge in [-0.3, -0.25) is 6.08 Å². The second-order valence-corrected chi connectivity index (χ2v) is 12.3. The first-order valence-electron chi connectivity index (χ1n) is 14.0. The molecule has 0 aromatic heterocycles. The molecule has 0 atom stereocenters. The van der Waals surface area contributed by atoms with E-state index in [9.17, 15) is 0 Å². The van der Waals surface area contributed by atoms with Crippen molar-refractivity contribution in [1.29, 1.82) is 0 Å². The molecule has 4 aromatic carbocycles. The minimum absolute atomic E-state index is 0. The van der Waals surface area contributed by atoms with E-state index in [-0.39, 0.29) is 61.8 Å². The fraction of sp³-hybridized carbons (Fsp3) is 0.256. The fourth-order valence-electron chi connectivity index (χ4n) is 4.66. The van der Waals surface area contributed by atoms with Crippen LogP contribution in [0.3, 0.4) is 0 Å². The smallest absolute Gasteiger partial charge is 1.00 e. The first kappa shape index (κ1) is 37.7. The van der Waals surface area contributed by atoms with Gasteiger partial charge in [0.15, 0.2) is 0 Å². The van der Waals surface area contributed by atoms with Crippen molar-refractivity contribution < 1.29 is 51.0 Å². The van der Waals surface area contributed by atoms with Crippen LogP contribution in [0.5, 0.6) is 0 Å². The fourth-order valence-corrected chi connectivity index (χ4v) is 4.66. The molecule has 0 fully saturated rings. The van der Waals surface area contributed by atoms with Crippen molar-refractivity contribution in [2.45, 2.75) is 65.2 Å². The second-order valence-electron chi connectivity index (χ2n) is 12.3. The van der Waals surface area contributed by atoms with Gasteiger partial charge in [0.2, 0.25) is 0 Å². The van der Waals surface area contributed by atoms with Gasteiger partial charge in [-0.15, -0.1) is 59.4 Å². The molecule has 6 rings (SSSR count). The Bertz CT molecular complexity index is 1310. The van der Waals surface area contributed by atoms with Crippen LogP contribution >= 0.6 is 0 Å². The predicted molar refractivity (Wildman–Crippen MR) is 168 cm³/mol. The van der Waals surface area contributed by atoms with E-state index < -0.39 is 0 Å². The maximum atomic E-state index is 3.67. The molecular weight excluding hydrogens is 631 g/mol. The molecular formula is C39H41Cl2Zr-3. The summed E-state index contributed by atoms with van der Waals surface area (Å²) in [5, 5.41) is 0. The Kier molecular flexibility index (Phi) is 15.4. The van der Waals surface area contributed by atoms with Gasteiger partial charge in [-0.1, -0.05) is 102 Å². The summed E-state index contributed by atoms with van der Waals surface area (Å²) in [7, 11) is 0. The molecule has 42 heavy (non-hydrogen) atoms. The van der Waals surface area contributed by atoms with Crippen molar-refractivity contribution in [1.82, 2.24) is 0 Å². The van der Waals surface area contributed by atoms with Crippen molar-refractivity contribution in [2.75, 3.05) is 0 Å². The molecule has 0 bridgehead atoms. The number of allylic oxidation sites excluding steroid dienone is 4. The molecule has 0 heterocycles. The van der Waals surface area contributed by atoms with Crippen LogP contribution in [0.15, 0.2) is 109 Å². The van der Waals surface area contributed by atoms with E-state index in [1.54, 1.807) is 0 Å². The van der Waals surface area contributed by atoms with Gasteiger partial charge in [0.05, 0.1) is 0 Å². The summed E-state index contributed by atoms with van der Waals surface area (Å²) in [6.07, 6.45) is 13.2. The van der Waals surface area contributed by atoms with E-state index in [4.69, 9.17) is 0 Å². The summed E-state index contributed by atoms with van der Waals surface area (Å²) in [6, 6.07) is 35.8. The second kappa shape index (κ2) is 17.1. The molecule has 0 radical (unpaired) electrons. The standard InChI is InChI=1S/C21H25.C13H11.C5H5.2ClH.Zr/c1-20(2,3)16-7-9-18-14(12-16)11-15-13-17(21(4,5)6)8-10-19(15)18;1-3-7-12(8-4-1)11-13-9-5-2-6-10-13;1-2-4-5-3-1;;;/h7-10,12H,11H2,1-6H3;1-11H;1-3H,4H2;2*1H;/q3*-1;;;+2/p-2. The van der Waals surface area contributed by atoms with Gasteiger partial charge in [0, 0.05) is 0 Å². The van der Waals surface area contributed by atoms with Gasteiger partial charge in [0.1, 0.15) is 0 Å². The number of benzene rings is 4. The van der Waals surface area contributed by atoms with E-state index in [1.807, 2.05) is 24.3 Å². The number of hydrogen-bond acceptors (Lipinski definition) is 0. The van der Waals surface area contributed by atoms with E-state index in [0.717, 1.165) is 12.8 Å². The molecule has 4 aromatic rings. The van der Waals surface area contributed by atoms with Gasteiger partial charge >= 0.3 is 26.2 Å². The summed E-state index contributed by atoms with van der Waals surface area (Å²) in [4.78, 5) is 0. The molecule has 0 nitrogen and oxygen atoms in total. The van der Waals surface area contributed by atoms with E-state index in [0.29, 0.717) is 0 Å². The molecule has 0 aliphatic heterocycles. The quantitative estimate of drug-likeness (QED) is 0.247. The average molecular weight is 672 g/mol. The van der Waals surface area contributed by atoms with Crippen LogP contribution in [0.1, 0.15) is 81.3 Å². The zero-order chi connectivity index (χ0) is 27.9. The number of hydrogen-bond donors (Lipinski definition) is 0. The summed E-state index contributed by atoms with van der Waals surface area (Å²) < 4.78 is 0. The summed E-state index contributed by atoms with van der Waals surface area (Å²) in [6.45, 7) is 13.6. The largest absolute Gasteiger partial charge is 2.00 e. The van der Waals surface area contributed by atoms with E-state index >= 15 is 0 Å². The minimum atomic E-state index is 0. The predicted octanol–water partition coefficient (Wildman–Crippen LogP) is 4.25. The Morgan fingerprint density at radius 2 is 1.24 bits per heavy atom. The molecule has 0 saturated heterocycles. The Morgan fingerprint density at radius 1 is 0.667 bits per heavy atom. The van der Waals surface area contributed by atoms with Crippen molar-refractivity contribution in [3.63, 3.8) is 0 Å². The minimum Gasteiger partial charge on any atom is -1.00 e. The third-order valence-electron chi connectivity index (χ3n) is 6.98. The van der Waals surface area contributed by atoms with Gasteiger partial charge in [-0.25, -0.2) is 12.2 Å². The Labute approximate surface area is 286 Å². The maximum absolute atomic E-state index is 3.67. The molecule has 0 amide bonds. The molecule has 0 N–H and O–H groups in total. The van der Waals surface area contributed by atoms with Crippen molar-refractivity contribution in [3.8, 4) is 11.1 Å². The third-order valence-corrected chi connectivity index (χ3v) is 6.98. The molecule has 2 aliphatic rings. The van der Waals surface area contributed by atoms with Crippen molar-refractivity contribution in [3.05, 3.63) is 161 Å². The summed E-state index contributed by atoms with van der Waals surface area (Å²) in [5.74, 6) is 0. The van der Waals surface area contributed by atoms with Crippen LogP contribution in [-0.4, -0.2) is 0 Å². The van der Waals surface area contributed by atoms with Gasteiger partial charge in [-0.05, 0) is 28.4 Å². The van der Waals surface area contributed by atoms with Crippen LogP contribution < -0.4 is 24.8 Å². The molecule has 0 unspecified atom stereocenters. The number of rotatable bonds is 2. The topological polar surface area (TPSA) is 0 Å². The zero-order valence-corrected chi connectivity index (χ0v) is 29.6. The van der Waals surface area contributed by atoms with Gasteiger partial charge < -0.3 is 24.8 Å². The van der Waals surface area contributed by atoms with E-state index in [1.165, 1.54) is 44.5 Å². The summed E-state index contributed by atoms with van der Waals surface area (Å²) >= 11 is 0. The van der Waals surface area contributed by atoms with E-state index in [2.05, 4.69) is 145 Å². The van der Waals surface area contributed by atoms with Crippen molar-refractivity contribution in [2.24, 2.45) is 0 Å². The van der Waals surface area contributed by atoms with Gasteiger partial charge in [0.25, 0.3) is 0 Å². The average Bonchev–Trinajstić information content (AvgIpc) is 3.60. The normalized spacial score (nSPS) is 12.0. The first-order valence-corrected chi connectivity index (χ1v) is 14.0. The van der Waals surface area contributed by atoms with Crippen LogP contribution in [0.25, 0.3) is 11.1 Å². The molecule has 2 aliphatic carbocycles.